The number of rotatable bonds is 3. The molecule has 1 saturated carbocycles. The second-order valence-corrected chi connectivity index (χ2v) is 6.31. The molecule has 4 nitrogen and oxygen atoms in total. The summed E-state index contributed by atoms with van der Waals surface area (Å²) in [7, 11) is 0. The molecule has 0 unspecified atom stereocenters. The molecule has 2 N–H and O–H groups in total. The zero-order valence-corrected chi connectivity index (χ0v) is 14.3. The Bertz CT molecular complexity index is 539. The third-order valence-corrected chi connectivity index (χ3v) is 4.85. The molecule has 1 aromatic carbocycles. The maximum absolute atomic E-state index is 13.7. The van der Waals surface area contributed by atoms with Crippen LogP contribution in [-0.2, 0) is 16.1 Å². The first-order valence-corrected chi connectivity index (χ1v) is 8.08. The predicted molar refractivity (Wildman–Crippen MR) is 89.4 cm³/mol. The highest BCUT2D eigenvalue weighted by molar-refractivity contribution is 6.31. The van der Waals surface area contributed by atoms with Crippen molar-refractivity contribution in [2.75, 3.05) is 13.2 Å². The molecule has 1 amide bonds. The molecule has 3 rings (SSSR count). The summed E-state index contributed by atoms with van der Waals surface area (Å²) >= 11 is 5.97. The van der Waals surface area contributed by atoms with Gasteiger partial charge >= 0.3 is 0 Å². The molecule has 1 aromatic rings. The fourth-order valence-electron chi connectivity index (χ4n) is 3.27. The van der Waals surface area contributed by atoms with Gasteiger partial charge in [0.15, 0.2) is 0 Å². The largest absolute Gasteiger partial charge is 0.375 e. The smallest absolute Gasteiger partial charge is 0.223 e. The Labute approximate surface area is 146 Å². The molecule has 1 heterocycles. The van der Waals surface area contributed by atoms with E-state index >= 15 is 0 Å². The molecule has 23 heavy (non-hydrogen) atoms. The Hall–Kier alpha value is -0.880. The second-order valence-electron chi connectivity index (χ2n) is 5.90. The summed E-state index contributed by atoms with van der Waals surface area (Å²) < 4.78 is 19.4. The van der Waals surface area contributed by atoms with Crippen molar-refractivity contribution in [3.05, 3.63) is 34.6 Å². The monoisotopic (exact) mass is 362 g/mol. The van der Waals surface area contributed by atoms with E-state index in [-0.39, 0.29) is 48.7 Å². The quantitative estimate of drug-likeness (QED) is 0.868. The highest BCUT2D eigenvalue weighted by Crippen LogP contribution is 2.28. The Balaban J connectivity index is 0.00000192. The Kier molecular flexibility index (Phi) is 6.65. The number of amides is 1. The lowest BCUT2D eigenvalue weighted by molar-refractivity contribution is -0.128. The third kappa shape index (κ3) is 4.35. The number of fused-ring (bicyclic) bond motifs is 1. The normalized spacial score (nSPS) is 26.8. The number of morpholine rings is 1. The molecule has 1 saturated heterocycles. The average molecular weight is 363 g/mol. The van der Waals surface area contributed by atoms with Gasteiger partial charge in [-0.2, -0.15) is 0 Å². The SMILES string of the molecule is Cl.O=C(NCc1c(F)cccc1Cl)[C@H]1CC[C@H]2OCCN[C@@H]2C1. The number of halogens is 3. The summed E-state index contributed by atoms with van der Waals surface area (Å²) in [6, 6.07) is 4.77. The number of carbonyl (C=O) groups excluding carboxylic acids is 1. The number of benzene rings is 1. The van der Waals surface area contributed by atoms with Crippen molar-refractivity contribution in [3.8, 4) is 0 Å². The van der Waals surface area contributed by atoms with Crippen LogP contribution >= 0.6 is 24.0 Å². The van der Waals surface area contributed by atoms with Crippen LogP contribution in [0.2, 0.25) is 5.02 Å². The van der Waals surface area contributed by atoms with Gasteiger partial charge in [-0.15, -0.1) is 12.4 Å². The minimum Gasteiger partial charge on any atom is -0.375 e. The van der Waals surface area contributed by atoms with Crippen LogP contribution in [0.25, 0.3) is 0 Å². The van der Waals surface area contributed by atoms with E-state index in [2.05, 4.69) is 10.6 Å². The molecule has 3 atom stereocenters. The van der Waals surface area contributed by atoms with E-state index < -0.39 is 0 Å². The average Bonchev–Trinajstić information content (AvgIpc) is 2.53. The summed E-state index contributed by atoms with van der Waals surface area (Å²) in [6.07, 6.45) is 2.68. The van der Waals surface area contributed by atoms with Crippen LogP contribution in [-0.4, -0.2) is 31.2 Å². The van der Waals surface area contributed by atoms with Crippen molar-refractivity contribution in [3.63, 3.8) is 0 Å². The first-order valence-electron chi connectivity index (χ1n) is 7.70. The molecule has 1 aliphatic heterocycles. The van der Waals surface area contributed by atoms with Crippen LogP contribution < -0.4 is 10.6 Å². The first-order chi connectivity index (χ1) is 10.6. The van der Waals surface area contributed by atoms with E-state index in [1.165, 1.54) is 6.07 Å². The van der Waals surface area contributed by atoms with Gasteiger partial charge in [-0.1, -0.05) is 17.7 Å². The Morgan fingerprint density at radius 3 is 3.04 bits per heavy atom. The van der Waals surface area contributed by atoms with Gasteiger partial charge in [-0.25, -0.2) is 4.39 Å². The molecule has 7 heteroatoms. The molecular weight excluding hydrogens is 342 g/mol. The number of nitrogens with one attached hydrogen (secondary N) is 2. The Morgan fingerprint density at radius 2 is 2.26 bits per heavy atom. The van der Waals surface area contributed by atoms with Gasteiger partial charge in [0.2, 0.25) is 5.91 Å². The summed E-state index contributed by atoms with van der Waals surface area (Å²) in [5.41, 5.74) is 0.338. The Morgan fingerprint density at radius 1 is 1.43 bits per heavy atom. The van der Waals surface area contributed by atoms with Gasteiger partial charge in [0.25, 0.3) is 0 Å². The fourth-order valence-corrected chi connectivity index (χ4v) is 3.50. The zero-order valence-electron chi connectivity index (χ0n) is 12.7. The van der Waals surface area contributed by atoms with Crippen LogP contribution in [0.3, 0.4) is 0 Å². The van der Waals surface area contributed by atoms with Gasteiger partial charge in [0.1, 0.15) is 5.82 Å². The molecule has 0 bridgehead atoms. The lowest BCUT2D eigenvalue weighted by Gasteiger charge is -2.39. The van der Waals surface area contributed by atoms with Gasteiger partial charge < -0.3 is 15.4 Å². The van der Waals surface area contributed by atoms with Gasteiger partial charge in [-0.3, -0.25) is 4.79 Å². The van der Waals surface area contributed by atoms with Crippen molar-refractivity contribution < 1.29 is 13.9 Å². The zero-order chi connectivity index (χ0) is 15.5. The maximum Gasteiger partial charge on any atom is 0.223 e. The lowest BCUT2D eigenvalue weighted by atomic mass is 9.82. The van der Waals surface area contributed by atoms with Crippen LogP contribution in [0, 0.1) is 11.7 Å². The maximum atomic E-state index is 13.7. The molecule has 0 spiro atoms. The number of ether oxygens (including phenoxy) is 1. The van der Waals surface area contributed by atoms with Crippen LogP contribution in [0.1, 0.15) is 24.8 Å². The lowest BCUT2D eigenvalue weighted by Crippen LogP contribution is -2.53. The minimum absolute atomic E-state index is 0. The van der Waals surface area contributed by atoms with Crippen molar-refractivity contribution in [1.29, 1.82) is 0 Å². The summed E-state index contributed by atoms with van der Waals surface area (Å²) in [5.74, 6) is -0.481. The second kappa shape index (κ2) is 8.29. The van der Waals surface area contributed by atoms with E-state index in [4.69, 9.17) is 16.3 Å². The van der Waals surface area contributed by atoms with Crippen molar-refractivity contribution in [2.45, 2.75) is 38.0 Å². The molecule has 0 aromatic heterocycles. The minimum atomic E-state index is -0.390. The third-order valence-electron chi connectivity index (χ3n) is 4.50. The standard InChI is InChI=1S/C16H20ClFN2O2.ClH/c17-12-2-1-3-13(18)11(12)9-20-16(21)10-4-5-15-14(8-10)19-6-7-22-15;/h1-3,10,14-15,19H,4-9H2,(H,20,21);1H/t10-,14+,15+;/m0./s1. The fraction of sp³-hybridized carbons (Fsp3) is 0.562. The molecular formula is C16H21Cl2FN2O2. The highest BCUT2D eigenvalue weighted by Gasteiger charge is 2.35. The van der Waals surface area contributed by atoms with Crippen LogP contribution in [0.4, 0.5) is 4.39 Å². The first kappa shape index (κ1) is 18.5. The predicted octanol–water partition coefficient (Wildman–Crippen LogP) is 2.67. The van der Waals surface area contributed by atoms with E-state index in [0.29, 0.717) is 10.6 Å². The summed E-state index contributed by atoms with van der Waals surface area (Å²) in [5, 5.41) is 6.56. The molecule has 2 aliphatic rings. The van der Waals surface area contributed by atoms with Gasteiger partial charge in [0, 0.05) is 35.6 Å². The molecule has 2 fully saturated rings. The van der Waals surface area contributed by atoms with Crippen molar-refractivity contribution >= 4 is 29.9 Å². The van der Waals surface area contributed by atoms with E-state index in [9.17, 15) is 9.18 Å². The van der Waals surface area contributed by atoms with Crippen molar-refractivity contribution in [1.82, 2.24) is 10.6 Å². The van der Waals surface area contributed by atoms with Gasteiger partial charge in [0.05, 0.1) is 12.7 Å². The highest BCUT2D eigenvalue weighted by atomic mass is 35.5. The van der Waals surface area contributed by atoms with Gasteiger partial charge in [-0.05, 0) is 31.4 Å². The number of carbonyl (C=O) groups is 1. The van der Waals surface area contributed by atoms with Crippen LogP contribution in [0.5, 0.6) is 0 Å². The van der Waals surface area contributed by atoms with Crippen molar-refractivity contribution in [2.24, 2.45) is 5.92 Å². The molecule has 1 aliphatic carbocycles. The molecule has 0 radical (unpaired) electrons. The van der Waals surface area contributed by atoms with E-state index in [1.807, 2.05) is 0 Å². The molecule has 128 valence electrons. The van der Waals surface area contributed by atoms with E-state index in [1.54, 1.807) is 12.1 Å². The summed E-state index contributed by atoms with van der Waals surface area (Å²) in [6.45, 7) is 1.70. The summed E-state index contributed by atoms with van der Waals surface area (Å²) in [4.78, 5) is 12.3. The number of hydrogen-bond acceptors (Lipinski definition) is 3. The topological polar surface area (TPSA) is 50.4 Å². The van der Waals surface area contributed by atoms with Crippen LogP contribution in [0.15, 0.2) is 18.2 Å². The number of hydrogen-bond donors (Lipinski definition) is 2. The van der Waals surface area contributed by atoms with E-state index in [0.717, 1.165) is 32.4 Å².